The number of ether oxygens (including phenoxy) is 1. The number of carbonyl (C=O) groups excluding carboxylic acids is 1. The third-order valence-corrected chi connectivity index (χ3v) is 5.25. The predicted molar refractivity (Wildman–Crippen MR) is 77.3 cm³/mol. The fourth-order valence-electron chi connectivity index (χ4n) is 3.51. The molecule has 3 rings (SSSR count). The third kappa shape index (κ3) is 3.00. The summed E-state index contributed by atoms with van der Waals surface area (Å²) in [5.41, 5.74) is 5.49. The topological polar surface area (TPSA) is 67.6 Å². The first kappa shape index (κ1) is 14.3. The van der Waals surface area contributed by atoms with Gasteiger partial charge in [0.1, 0.15) is 0 Å². The van der Waals surface area contributed by atoms with Gasteiger partial charge in [-0.05, 0) is 44.6 Å². The first-order chi connectivity index (χ1) is 9.73. The Labute approximate surface area is 121 Å². The Bertz CT molecular complexity index is 351. The highest BCUT2D eigenvalue weighted by Gasteiger charge is 2.39. The number of hydrogen-bond donors (Lipinski definition) is 2. The molecule has 0 bridgehead atoms. The maximum Gasteiger partial charge on any atom is 0.227 e. The zero-order valence-corrected chi connectivity index (χ0v) is 12.3. The largest absolute Gasteiger partial charge is 0.381 e. The van der Waals surface area contributed by atoms with Crippen molar-refractivity contribution in [2.45, 2.75) is 38.1 Å². The highest BCUT2D eigenvalue weighted by molar-refractivity contribution is 5.83. The summed E-state index contributed by atoms with van der Waals surface area (Å²) >= 11 is 0. The molecule has 1 unspecified atom stereocenters. The number of nitrogens with one attached hydrogen (secondary N) is 1. The third-order valence-electron chi connectivity index (χ3n) is 5.25. The van der Waals surface area contributed by atoms with Gasteiger partial charge in [-0.3, -0.25) is 4.79 Å². The van der Waals surface area contributed by atoms with E-state index in [2.05, 4.69) is 10.2 Å². The SMILES string of the molecule is NCC1(C(=O)NCC2CCN(C3CC3)C2)CCOCC1. The zero-order chi connectivity index (χ0) is 14.0. The molecule has 0 radical (unpaired) electrons. The summed E-state index contributed by atoms with van der Waals surface area (Å²) in [6.45, 7) is 4.92. The standard InChI is InChI=1S/C15H27N3O2/c16-11-15(4-7-20-8-5-15)14(19)17-9-12-3-6-18(10-12)13-1-2-13/h12-13H,1-11,16H2,(H,17,19). The first-order valence-corrected chi connectivity index (χ1v) is 8.04. The van der Waals surface area contributed by atoms with Crippen molar-refractivity contribution in [1.29, 1.82) is 0 Å². The van der Waals surface area contributed by atoms with Crippen LogP contribution in [0.5, 0.6) is 0 Å². The van der Waals surface area contributed by atoms with Crippen molar-refractivity contribution in [3.63, 3.8) is 0 Å². The van der Waals surface area contributed by atoms with Crippen LogP contribution in [0.15, 0.2) is 0 Å². The van der Waals surface area contributed by atoms with E-state index in [-0.39, 0.29) is 11.3 Å². The monoisotopic (exact) mass is 281 g/mol. The minimum absolute atomic E-state index is 0.146. The second-order valence-corrected chi connectivity index (χ2v) is 6.69. The van der Waals surface area contributed by atoms with E-state index in [9.17, 15) is 4.79 Å². The Hall–Kier alpha value is -0.650. The van der Waals surface area contributed by atoms with Crippen LogP contribution < -0.4 is 11.1 Å². The smallest absolute Gasteiger partial charge is 0.227 e. The molecule has 2 aliphatic heterocycles. The Kier molecular flexibility index (Phi) is 4.29. The summed E-state index contributed by atoms with van der Waals surface area (Å²) in [4.78, 5) is 15.1. The molecule has 1 atom stereocenters. The lowest BCUT2D eigenvalue weighted by molar-refractivity contribution is -0.136. The molecule has 1 aliphatic carbocycles. The van der Waals surface area contributed by atoms with Gasteiger partial charge in [-0.2, -0.15) is 0 Å². The predicted octanol–water partition coefficient (Wildman–Crippen LogP) is 0.342. The number of rotatable bonds is 5. The molecule has 5 nitrogen and oxygen atoms in total. The van der Waals surface area contributed by atoms with Gasteiger partial charge in [0.25, 0.3) is 0 Å². The van der Waals surface area contributed by atoms with Crippen LogP contribution >= 0.6 is 0 Å². The lowest BCUT2D eigenvalue weighted by atomic mass is 9.79. The molecule has 3 aliphatic rings. The Morgan fingerprint density at radius 2 is 2.05 bits per heavy atom. The van der Waals surface area contributed by atoms with Gasteiger partial charge in [-0.15, -0.1) is 0 Å². The van der Waals surface area contributed by atoms with Crippen LogP contribution in [-0.4, -0.2) is 56.2 Å². The zero-order valence-electron chi connectivity index (χ0n) is 12.3. The summed E-state index contributed by atoms with van der Waals surface area (Å²) in [6.07, 6.45) is 5.47. The summed E-state index contributed by atoms with van der Waals surface area (Å²) in [5.74, 6) is 0.766. The van der Waals surface area contributed by atoms with E-state index < -0.39 is 0 Å². The normalized spacial score (nSPS) is 30.4. The first-order valence-electron chi connectivity index (χ1n) is 8.04. The van der Waals surface area contributed by atoms with Gasteiger partial charge in [0.2, 0.25) is 5.91 Å². The van der Waals surface area contributed by atoms with Gasteiger partial charge in [0.05, 0.1) is 5.41 Å². The molecule has 0 aromatic heterocycles. The van der Waals surface area contributed by atoms with Crippen LogP contribution in [0.4, 0.5) is 0 Å². The molecule has 2 heterocycles. The Morgan fingerprint density at radius 3 is 2.70 bits per heavy atom. The van der Waals surface area contributed by atoms with E-state index >= 15 is 0 Å². The van der Waals surface area contributed by atoms with Crippen molar-refractivity contribution in [3.05, 3.63) is 0 Å². The fraction of sp³-hybridized carbons (Fsp3) is 0.933. The molecule has 1 amide bonds. The molecular formula is C15H27N3O2. The lowest BCUT2D eigenvalue weighted by Crippen LogP contribution is -2.50. The number of nitrogens with two attached hydrogens (primary N) is 1. The van der Waals surface area contributed by atoms with Gasteiger partial charge in [0.15, 0.2) is 0 Å². The number of hydrogen-bond acceptors (Lipinski definition) is 4. The highest BCUT2D eigenvalue weighted by Crippen LogP contribution is 2.32. The molecule has 3 N–H and O–H groups in total. The highest BCUT2D eigenvalue weighted by atomic mass is 16.5. The van der Waals surface area contributed by atoms with E-state index in [1.807, 2.05) is 0 Å². The summed E-state index contributed by atoms with van der Waals surface area (Å²) in [7, 11) is 0. The average molecular weight is 281 g/mol. The summed E-state index contributed by atoms with van der Waals surface area (Å²) < 4.78 is 5.36. The van der Waals surface area contributed by atoms with Gasteiger partial charge < -0.3 is 20.7 Å². The summed E-state index contributed by atoms with van der Waals surface area (Å²) in [5, 5.41) is 3.16. The molecule has 2 saturated heterocycles. The molecule has 0 spiro atoms. The fourth-order valence-corrected chi connectivity index (χ4v) is 3.51. The van der Waals surface area contributed by atoms with Gasteiger partial charge in [0, 0.05) is 38.9 Å². The number of carbonyl (C=O) groups is 1. The number of likely N-dealkylation sites (tertiary alicyclic amines) is 1. The molecule has 5 heteroatoms. The van der Waals surface area contributed by atoms with E-state index in [1.165, 1.54) is 25.8 Å². The van der Waals surface area contributed by atoms with E-state index in [0.717, 1.165) is 32.0 Å². The van der Waals surface area contributed by atoms with E-state index in [1.54, 1.807) is 0 Å². The average Bonchev–Trinajstić information content (AvgIpc) is 3.24. The van der Waals surface area contributed by atoms with Crippen LogP contribution in [0, 0.1) is 11.3 Å². The molecule has 3 fully saturated rings. The molecule has 0 aromatic rings. The van der Waals surface area contributed by atoms with Crippen molar-refractivity contribution in [1.82, 2.24) is 10.2 Å². The number of nitrogens with zero attached hydrogens (tertiary/aromatic N) is 1. The maximum absolute atomic E-state index is 12.5. The minimum Gasteiger partial charge on any atom is -0.381 e. The van der Waals surface area contributed by atoms with Crippen molar-refractivity contribution in [3.8, 4) is 0 Å². The van der Waals surface area contributed by atoms with Crippen molar-refractivity contribution >= 4 is 5.91 Å². The molecule has 1 saturated carbocycles. The Balaban J connectivity index is 1.46. The van der Waals surface area contributed by atoms with Crippen LogP contribution in [0.2, 0.25) is 0 Å². The van der Waals surface area contributed by atoms with Crippen LogP contribution in [-0.2, 0) is 9.53 Å². The lowest BCUT2D eigenvalue weighted by Gasteiger charge is -2.34. The maximum atomic E-state index is 12.5. The molecular weight excluding hydrogens is 254 g/mol. The van der Waals surface area contributed by atoms with Crippen LogP contribution in [0.25, 0.3) is 0 Å². The van der Waals surface area contributed by atoms with Gasteiger partial charge in [-0.25, -0.2) is 0 Å². The van der Waals surface area contributed by atoms with E-state index in [0.29, 0.717) is 25.7 Å². The minimum atomic E-state index is -0.382. The van der Waals surface area contributed by atoms with Gasteiger partial charge >= 0.3 is 0 Å². The second kappa shape index (κ2) is 6.00. The second-order valence-electron chi connectivity index (χ2n) is 6.69. The van der Waals surface area contributed by atoms with Crippen LogP contribution in [0.3, 0.4) is 0 Å². The summed E-state index contributed by atoms with van der Waals surface area (Å²) in [6, 6.07) is 0.849. The van der Waals surface area contributed by atoms with Crippen LogP contribution in [0.1, 0.15) is 32.1 Å². The Morgan fingerprint density at radius 1 is 1.30 bits per heavy atom. The van der Waals surface area contributed by atoms with Crippen molar-refractivity contribution in [2.75, 3.05) is 39.4 Å². The molecule has 20 heavy (non-hydrogen) atoms. The molecule has 0 aromatic carbocycles. The van der Waals surface area contributed by atoms with Crippen molar-refractivity contribution in [2.24, 2.45) is 17.1 Å². The number of amides is 1. The van der Waals surface area contributed by atoms with Gasteiger partial charge in [-0.1, -0.05) is 0 Å². The quantitative estimate of drug-likeness (QED) is 0.763. The van der Waals surface area contributed by atoms with E-state index in [4.69, 9.17) is 10.5 Å². The van der Waals surface area contributed by atoms with Crippen molar-refractivity contribution < 1.29 is 9.53 Å². The molecule has 114 valence electrons.